The average molecular weight is 559 g/mol. The summed E-state index contributed by atoms with van der Waals surface area (Å²) in [5.41, 5.74) is 3.63. The van der Waals surface area contributed by atoms with Crippen LogP contribution in [0.3, 0.4) is 0 Å². The highest BCUT2D eigenvalue weighted by molar-refractivity contribution is 5.94. The summed E-state index contributed by atoms with van der Waals surface area (Å²) in [6.07, 6.45) is 2.11. The van der Waals surface area contributed by atoms with E-state index in [-0.39, 0.29) is 16.9 Å². The molecule has 1 saturated heterocycles. The number of carbonyl (C=O) groups is 2. The number of hydrogen-bond donors (Lipinski definition) is 1. The van der Waals surface area contributed by atoms with Crippen LogP contribution in [0.15, 0.2) is 58.1 Å². The van der Waals surface area contributed by atoms with E-state index >= 15 is 0 Å². The van der Waals surface area contributed by atoms with Gasteiger partial charge in [-0.3, -0.25) is 19.1 Å². The van der Waals surface area contributed by atoms with Crippen molar-refractivity contribution >= 4 is 11.9 Å². The fourth-order valence-corrected chi connectivity index (χ4v) is 5.69. The highest BCUT2D eigenvalue weighted by Gasteiger charge is 2.42. The molecule has 12 heteroatoms. The van der Waals surface area contributed by atoms with Crippen molar-refractivity contribution in [3.8, 4) is 0 Å². The summed E-state index contributed by atoms with van der Waals surface area (Å²) < 4.78 is 38.8. The molecule has 2 aromatic heterocycles. The first-order valence-corrected chi connectivity index (χ1v) is 13.0. The van der Waals surface area contributed by atoms with Crippen LogP contribution in [0.2, 0.25) is 0 Å². The van der Waals surface area contributed by atoms with Crippen molar-refractivity contribution < 1.29 is 32.3 Å². The number of carboxylic acid groups (broad SMARTS) is 1. The van der Waals surface area contributed by atoms with Crippen LogP contribution in [0.4, 0.5) is 13.2 Å². The van der Waals surface area contributed by atoms with E-state index in [1.807, 2.05) is 47.2 Å². The molecule has 6 rings (SSSR count). The number of aromatic nitrogens is 2. The van der Waals surface area contributed by atoms with Crippen LogP contribution in [0.5, 0.6) is 0 Å². The van der Waals surface area contributed by atoms with E-state index in [4.69, 9.17) is 19.3 Å². The van der Waals surface area contributed by atoms with Gasteiger partial charge in [-0.25, -0.2) is 9.78 Å². The summed E-state index contributed by atoms with van der Waals surface area (Å²) in [6, 6.07) is 11.3. The van der Waals surface area contributed by atoms with Gasteiger partial charge in [0, 0.05) is 43.6 Å². The second-order valence-corrected chi connectivity index (χ2v) is 10.6. The number of furan rings is 1. The van der Waals surface area contributed by atoms with Gasteiger partial charge in [-0.05, 0) is 49.5 Å². The van der Waals surface area contributed by atoms with Gasteiger partial charge in [-0.15, -0.1) is 0 Å². The Morgan fingerprint density at radius 1 is 1.07 bits per heavy atom. The Morgan fingerprint density at radius 3 is 2.40 bits per heavy atom. The number of benzene rings is 1. The smallest absolute Gasteiger partial charge is 0.475 e. The number of carbonyl (C=O) groups excluding carboxylic acids is 1. The molecule has 1 fully saturated rings. The van der Waals surface area contributed by atoms with Crippen LogP contribution < -0.4 is 5.56 Å². The molecule has 1 amide bonds. The van der Waals surface area contributed by atoms with Crippen molar-refractivity contribution in [2.24, 2.45) is 5.41 Å². The lowest BCUT2D eigenvalue weighted by atomic mass is 9.77. The van der Waals surface area contributed by atoms with Gasteiger partial charge < -0.3 is 14.4 Å². The minimum atomic E-state index is -5.08. The molecule has 40 heavy (non-hydrogen) atoms. The van der Waals surface area contributed by atoms with E-state index < -0.39 is 12.1 Å². The molecule has 1 spiro atoms. The molecule has 212 valence electrons. The van der Waals surface area contributed by atoms with E-state index in [0.717, 1.165) is 57.0 Å². The molecule has 1 aromatic carbocycles. The lowest BCUT2D eigenvalue weighted by Gasteiger charge is -2.38. The first kappa shape index (κ1) is 27.6. The Labute approximate surface area is 227 Å². The standard InChI is InChI=1S/C26H28N4O3.C2HF3O2/c31-24(20-4-2-1-3-5-20)29-10-6-22-21(16-29)25(32)30-18-26(14-23(30)27-22)8-11-28(12-9-26)15-19-7-13-33-17-19;3-2(4,5)1(6)7/h1-5,7,13,17H,6,8-12,14-16,18H2;(H,6,7). The van der Waals surface area contributed by atoms with Crippen molar-refractivity contribution in [1.82, 2.24) is 19.4 Å². The van der Waals surface area contributed by atoms with Gasteiger partial charge in [0.2, 0.25) is 0 Å². The van der Waals surface area contributed by atoms with Gasteiger partial charge in [-0.1, -0.05) is 18.2 Å². The fourth-order valence-electron chi connectivity index (χ4n) is 5.69. The number of fused-ring (bicyclic) bond motifs is 2. The summed E-state index contributed by atoms with van der Waals surface area (Å²) in [4.78, 5) is 44.5. The molecule has 0 aliphatic carbocycles. The third-order valence-electron chi connectivity index (χ3n) is 7.87. The molecule has 0 atom stereocenters. The topological polar surface area (TPSA) is 109 Å². The molecule has 1 N–H and O–H groups in total. The zero-order chi connectivity index (χ0) is 28.5. The largest absolute Gasteiger partial charge is 0.490 e. The Morgan fingerprint density at radius 2 is 1.77 bits per heavy atom. The molecule has 3 aliphatic heterocycles. The number of halogens is 3. The lowest BCUT2D eigenvalue weighted by molar-refractivity contribution is -0.192. The second-order valence-electron chi connectivity index (χ2n) is 10.6. The molecule has 0 unspecified atom stereocenters. The van der Waals surface area contributed by atoms with Gasteiger partial charge in [0.05, 0.1) is 30.3 Å². The molecule has 0 saturated carbocycles. The van der Waals surface area contributed by atoms with E-state index in [9.17, 15) is 22.8 Å². The van der Waals surface area contributed by atoms with Crippen LogP contribution in [-0.4, -0.2) is 62.1 Å². The average Bonchev–Trinajstić information content (AvgIpc) is 3.58. The Bertz CT molecular complexity index is 1430. The first-order chi connectivity index (χ1) is 19.0. The summed E-state index contributed by atoms with van der Waals surface area (Å²) in [5, 5.41) is 7.12. The first-order valence-electron chi connectivity index (χ1n) is 13.0. The SMILES string of the molecule is O=C(O)C(F)(F)F.O=C(c1ccccc1)N1CCc2nc3n(c(=O)c2C1)CC1(CCN(Cc2ccoc2)CC1)C3. The van der Waals surface area contributed by atoms with Crippen molar-refractivity contribution in [3.63, 3.8) is 0 Å². The third-order valence-corrected chi connectivity index (χ3v) is 7.87. The van der Waals surface area contributed by atoms with Gasteiger partial charge in [0.25, 0.3) is 11.5 Å². The van der Waals surface area contributed by atoms with Crippen molar-refractivity contribution in [2.45, 2.75) is 51.5 Å². The number of hydrogen-bond acceptors (Lipinski definition) is 6. The highest BCUT2D eigenvalue weighted by Crippen LogP contribution is 2.41. The van der Waals surface area contributed by atoms with Crippen LogP contribution in [0, 0.1) is 5.41 Å². The zero-order valence-corrected chi connectivity index (χ0v) is 21.7. The summed E-state index contributed by atoms with van der Waals surface area (Å²) in [5.74, 6) is -1.84. The number of alkyl halides is 3. The molecular weight excluding hydrogens is 529 g/mol. The number of likely N-dealkylation sites (tertiary alicyclic amines) is 1. The fraction of sp³-hybridized carbons (Fsp3) is 0.429. The number of amides is 1. The maximum absolute atomic E-state index is 13.5. The maximum Gasteiger partial charge on any atom is 0.490 e. The Kier molecular flexibility index (Phi) is 7.54. The number of nitrogens with zero attached hydrogens (tertiary/aromatic N) is 4. The molecule has 5 heterocycles. The van der Waals surface area contributed by atoms with Gasteiger partial charge in [0.15, 0.2) is 0 Å². The van der Waals surface area contributed by atoms with E-state index in [0.29, 0.717) is 30.6 Å². The second kappa shape index (κ2) is 10.9. The van der Waals surface area contributed by atoms with Crippen LogP contribution in [0.25, 0.3) is 0 Å². The minimum Gasteiger partial charge on any atom is -0.475 e. The van der Waals surface area contributed by atoms with E-state index in [2.05, 4.69) is 4.90 Å². The van der Waals surface area contributed by atoms with Crippen LogP contribution >= 0.6 is 0 Å². The third kappa shape index (κ3) is 5.81. The predicted octanol–water partition coefficient (Wildman–Crippen LogP) is 3.51. The highest BCUT2D eigenvalue weighted by atomic mass is 19.4. The van der Waals surface area contributed by atoms with E-state index in [1.165, 1.54) is 5.56 Å². The molecule has 0 radical (unpaired) electrons. The quantitative estimate of drug-likeness (QED) is 0.524. The Balaban J connectivity index is 0.000000411. The van der Waals surface area contributed by atoms with Gasteiger partial charge in [-0.2, -0.15) is 13.2 Å². The maximum atomic E-state index is 13.5. The molecule has 9 nitrogen and oxygen atoms in total. The van der Waals surface area contributed by atoms with Gasteiger partial charge >= 0.3 is 12.1 Å². The van der Waals surface area contributed by atoms with Crippen molar-refractivity contribution in [1.29, 1.82) is 0 Å². The number of carboxylic acids is 1. The zero-order valence-electron chi connectivity index (χ0n) is 21.7. The summed E-state index contributed by atoms with van der Waals surface area (Å²) >= 11 is 0. The molecule has 3 aromatic rings. The van der Waals surface area contributed by atoms with Crippen LogP contribution in [-0.2, 0) is 37.3 Å². The summed E-state index contributed by atoms with van der Waals surface area (Å²) in [6.45, 7) is 4.65. The van der Waals surface area contributed by atoms with Crippen molar-refractivity contribution in [3.05, 3.63) is 87.5 Å². The van der Waals surface area contributed by atoms with Crippen LogP contribution in [0.1, 0.15) is 45.8 Å². The molecule has 0 bridgehead atoms. The predicted molar refractivity (Wildman–Crippen MR) is 136 cm³/mol. The normalized spacial score (nSPS) is 18.0. The van der Waals surface area contributed by atoms with Crippen molar-refractivity contribution in [2.75, 3.05) is 19.6 Å². The Hall–Kier alpha value is -3.93. The monoisotopic (exact) mass is 558 g/mol. The summed E-state index contributed by atoms with van der Waals surface area (Å²) in [7, 11) is 0. The number of rotatable bonds is 3. The van der Waals surface area contributed by atoms with E-state index in [1.54, 1.807) is 11.2 Å². The molecular formula is C28H29F3N4O5. The number of piperidine rings is 1. The van der Waals surface area contributed by atoms with Gasteiger partial charge in [0.1, 0.15) is 5.82 Å². The lowest BCUT2D eigenvalue weighted by Crippen LogP contribution is -2.42. The number of aliphatic carboxylic acids is 1. The molecule has 3 aliphatic rings. The minimum absolute atomic E-state index is 0.0207.